The van der Waals surface area contributed by atoms with E-state index in [1.165, 1.54) is 17.0 Å². The van der Waals surface area contributed by atoms with E-state index in [1.807, 2.05) is 0 Å². The number of urea groups is 1. The van der Waals surface area contributed by atoms with E-state index in [2.05, 4.69) is 11.2 Å². The molecule has 0 aliphatic carbocycles. The highest BCUT2D eigenvalue weighted by Gasteiger charge is 2.33. The molecule has 1 aromatic carbocycles. The number of likely N-dealkylation sites (tertiary alicyclic amines) is 1. The van der Waals surface area contributed by atoms with Crippen molar-refractivity contribution in [2.45, 2.75) is 18.9 Å². The summed E-state index contributed by atoms with van der Waals surface area (Å²) in [5.41, 5.74) is 0.291. The highest BCUT2D eigenvalue weighted by molar-refractivity contribution is 5.91. The zero-order valence-corrected chi connectivity index (χ0v) is 13.2. The van der Waals surface area contributed by atoms with Crippen LogP contribution in [0.25, 0.3) is 0 Å². The van der Waals surface area contributed by atoms with Crippen LogP contribution in [-0.2, 0) is 0 Å². The standard InChI is InChI=1S/C17H21FN2O4/c1-2-8-24-16-9-13(18)5-6-14(16)19-17(23)20-7-3-4-12(10-21)15(20)11-22/h1,5-6,9,12,15,21-22H,3-4,7-8,10-11H2,(H,19,23)/t12-,15+/m0/s1. The van der Waals surface area contributed by atoms with Gasteiger partial charge in [0.15, 0.2) is 0 Å². The number of piperidine rings is 1. The molecule has 0 unspecified atom stereocenters. The largest absolute Gasteiger partial charge is 0.479 e. The molecular formula is C17H21FN2O4. The number of carbonyl (C=O) groups excluding carboxylic acids is 1. The Balaban J connectivity index is 2.15. The predicted molar refractivity (Wildman–Crippen MR) is 87.1 cm³/mol. The summed E-state index contributed by atoms with van der Waals surface area (Å²) in [7, 11) is 0. The number of amides is 2. The van der Waals surface area contributed by atoms with Crippen molar-refractivity contribution in [2.75, 3.05) is 31.7 Å². The Morgan fingerprint density at radius 3 is 2.92 bits per heavy atom. The van der Waals surface area contributed by atoms with Crippen molar-refractivity contribution in [3.8, 4) is 18.1 Å². The lowest BCUT2D eigenvalue weighted by Gasteiger charge is -2.39. The van der Waals surface area contributed by atoms with Gasteiger partial charge in [0.05, 0.1) is 18.3 Å². The molecule has 1 fully saturated rings. The number of carbonyl (C=O) groups is 1. The summed E-state index contributed by atoms with van der Waals surface area (Å²) >= 11 is 0. The van der Waals surface area contributed by atoms with Crippen molar-refractivity contribution in [1.82, 2.24) is 4.90 Å². The number of aliphatic hydroxyl groups excluding tert-OH is 2. The maximum Gasteiger partial charge on any atom is 0.322 e. The number of rotatable bonds is 5. The number of anilines is 1. The fourth-order valence-electron chi connectivity index (χ4n) is 2.87. The first-order valence-corrected chi connectivity index (χ1v) is 7.75. The van der Waals surface area contributed by atoms with Crippen LogP contribution < -0.4 is 10.1 Å². The summed E-state index contributed by atoms with van der Waals surface area (Å²) in [5.74, 6) is 1.74. The third kappa shape index (κ3) is 4.16. The first-order valence-electron chi connectivity index (χ1n) is 7.75. The molecule has 1 aromatic rings. The van der Waals surface area contributed by atoms with Crippen LogP contribution in [0.4, 0.5) is 14.9 Å². The van der Waals surface area contributed by atoms with Crippen molar-refractivity contribution >= 4 is 11.7 Å². The number of terminal acetylenes is 1. The van der Waals surface area contributed by atoms with Crippen molar-refractivity contribution in [2.24, 2.45) is 5.92 Å². The molecule has 0 saturated carbocycles. The average molecular weight is 336 g/mol. The van der Waals surface area contributed by atoms with Gasteiger partial charge in [-0.1, -0.05) is 5.92 Å². The van der Waals surface area contributed by atoms with Gasteiger partial charge in [0, 0.05) is 25.1 Å². The summed E-state index contributed by atoms with van der Waals surface area (Å²) in [5, 5.41) is 21.6. The molecule has 24 heavy (non-hydrogen) atoms. The average Bonchev–Trinajstić information content (AvgIpc) is 2.60. The second-order valence-corrected chi connectivity index (χ2v) is 5.59. The predicted octanol–water partition coefficient (Wildman–Crippen LogP) is 1.43. The quantitative estimate of drug-likeness (QED) is 0.711. The van der Waals surface area contributed by atoms with Gasteiger partial charge in [-0.15, -0.1) is 6.42 Å². The molecule has 6 nitrogen and oxygen atoms in total. The minimum atomic E-state index is -0.508. The Morgan fingerprint density at radius 1 is 1.46 bits per heavy atom. The molecule has 3 N–H and O–H groups in total. The van der Waals surface area contributed by atoms with Crippen LogP contribution in [0.3, 0.4) is 0 Å². The Morgan fingerprint density at radius 2 is 2.25 bits per heavy atom. The van der Waals surface area contributed by atoms with Gasteiger partial charge in [-0.25, -0.2) is 9.18 Å². The SMILES string of the molecule is C#CCOc1cc(F)ccc1NC(=O)N1CCC[C@@H](CO)[C@H]1CO. The van der Waals surface area contributed by atoms with Gasteiger partial charge >= 0.3 is 6.03 Å². The molecule has 130 valence electrons. The van der Waals surface area contributed by atoms with Gasteiger partial charge in [-0.2, -0.15) is 0 Å². The Hall–Kier alpha value is -2.30. The van der Waals surface area contributed by atoms with E-state index < -0.39 is 17.9 Å². The molecule has 0 radical (unpaired) electrons. The highest BCUT2D eigenvalue weighted by atomic mass is 19.1. The Bertz CT molecular complexity index is 617. The second-order valence-electron chi connectivity index (χ2n) is 5.59. The van der Waals surface area contributed by atoms with Crippen molar-refractivity contribution < 1.29 is 24.1 Å². The third-order valence-corrected chi connectivity index (χ3v) is 4.10. The molecule has 0 bridgehead atoms. The smallest absolute Gasteiger partial charge is 0.322 e. The molecular weight excluding hydrogens is 315 g/mol. The Kier molecular flexibility index (Phi) is 6.41. The zero-order valence-electron chi connectivity index (χ0n) is 13.2. The van der Waals surface area contributed by atoms with E-state index >= 15 is 0 Å². The summed E-state index contributed by atoms with van der Waals surface area (Å²) in [6.07, 6.45) is 6.62. The number of ether oxygens (including phenoxy) is 1. The molecule has 7 heteroatoms. The number of hydrogen-bond acceptors (Lipinski definition) is 4. The lowest BCUT2D eigenvalue weighted by atomic mass is 9.90. The van der Waals surface area contributed by atoms with Crippen LogP contribution in [0.15, 0.2) is 18.2 Å². The highest BCUT2D eigenvalue weighted by Crippen LogP contribution is 2.28. The van der Waals surface area contributed by atoms with Gasteiger partial charge in [-0.3, -0.25) is 0 Å². The summed E-state index contributed by atoms with van der Waals surface area (Å²) in [6.45, 7) is 0.0851. The number of nitrogens with zero attached hydrogens (tertiary/aromatic N) is 1. The van der Waals surface area contributed by atoms with Crippen LogP contribution in [0.2, 0.25) is 0 Å². The maximum absolute atomic E-state index is 13.4. The monoisotopic (exact) mass is 336 g/mol. The van der Waals surface area contributed by atoms with Gasteiger partial charge in [0.1, 0.15) is 18.2 Å². The zero-order chi connectivity index (χ0) is 17.5. The van der Waals surface area contributed by atoms with Gasteiger partial charge < -0.3 is 25.2 Å². The molecule has 1 aliphatic rings. The number of hydrogen-bond donors (Lipinski definition) is 3. The van der Waals surface area contributed by atoms with Gasteiger partial charge in [0.25, 0.3) is 0 Å². The van der Waals surface area contributed by atoms with E-state index in [1.54, 1.807) is 0 Å². The van der Waals surface area contributed by atoms with Gasteiger partial charge in [-0.05, 0) is 25.0 Å². The van der Waals surface area contributed by atoms with Crippen LogP contribution in [0.1, 0.15) is 12.8 Å². The van der Waals surface area contributed by atoms with Crippen molar-refractivity contribution in [3.63, 3.8) is 0 Å². The van der Waals surface area contributed by atoms with Crippen molar-refractivity contribution in [1.29, 1.82) is 0 Å². The van der Waals surface area contributed by atoms with E-state index in [0.29, 0.717) is 12.2 Å². The fourth-order valence-corrected chi connectivity index (χ4v) is 2.87. The normalized spacial score (nSPS) is 20.3. The molecule has 1 aliphatic heterocycles. The maximum atomic E-state index is 13.4. The van der Waals surface area contributed by atoms with E-state index in [9.17, 15) is 19.4 Å². The van der Waals surface area contributed by atoms with Crippen LogP contribution in [-0.4, -0.2) is 53.6 Å². The molecule has 2 amide bonds. The minimum absolute atomic E-state index is 0.0537. The second kappa shape index (κ2) is 8.52. The number of aliphatic hydroxyl groups is 2. The first-order chi connectivity index (χ1) is 11.6. The molecule has 2 atom stereocenters. The van der Waals surface area contributed by atoms with Crippen LogP contribution in [0, 0.1) is 24.1 Å². The van der Waals surface area contributed by atoms with E-state index in [0.717, 1.165) is 18.9 Å². The lowest BCUT2D eigenvalue weighted by Crippen LogP contribution is -2.52. The summed E-state index contributed by atoms with van der Waals surface area (Å²) < 4.78 is 18.6. The summed E-state index contributed by atoms with van der Waals surface area (Å²) in [4.78, 5) is 14.0. The number of nitrogens with one attached hydrogen (secondary N) is 1. The summed E-state index contributed by atoms with van der Waals surface area (Å²) in [6, 6.07) is 2.84. The molecule has 1 saturated heterocycles. The van der Waals surface area contributed by atoms with Crippen LogP contribution >= 0.6 is 0 Å². The van der Waals surface area contributed by atoms with E-state index in [4.69, 9.17) is 11.2 Å². The lowest BCUT2D eigenvalue weighted by molar-refractivity contribution is 0.0460. The van der Waals surface area contributed by atoms with Crippen LogP contribution in [0.5, 0.6) is 5.75 Å². The molecule has 1 heterocycles. The molecule has 0 spiro atoms. The molecule has 2 rings (SSSR count). The van der Waals surface area contributed by atoms with Gasteiger partial charge in [0.2, 0.25) is 0 Å². The fraction of sp³-hybridized carbons (Fsp3) is 0.471. The Labute approximate surface area is 140 Å². The number of benzene rings is 1. The first kappa shape index (κ1) is 18.0. The molecule has 0 aromatic heterocycles. The third-order valence-electron chi connectivity index (χ3n) is 4.10. The van der Waals surface area contributed by atoms with Crippen molar-refractivity contribution in [3.05, 3.63) is 24.0 Å². The number of halogens is 1. The topological polar surface area (TPSA) is 82.0 Å². The van der Waals surface area contributed by atoms with E-state index in [-0.39, 0.29) is 31.5 Å². The minimum Gasteiger partial charge on any atom is -0.479 e.